The lowest BCUT2D eigenvalue weighted by molar-refractivity contribution is -0.129. The van der Waals surface area contributed by atoms with Gasteiger partial charge in [-0.2, -0.15) is 0 Å². The van der Waals surface area contributed by atoms with Crippen molar-refractivity contribution in [3.8, 4) is 11.5 Å². The molecule has 0 atom stereocenters. The third-order valence-electron chi connectivity index (χ3n) is 2.37. The number of rotatable bonds is 3. The lowest BCUT2D eigenvalue weighted by Crippen LogP contribution is -2.37. The van der Waals surface area contributed by atoms with Gasteiger partial charge >= 0.3 is 0 Å². The molecule has 0 radical (unpaired) electrons. The SMILES string of the molecule is CN(C)C(=O)CN(C)C(=O)c1cc(O)cc(O)c1. The van der Waals surface area contributed by atoms with Gasteiger partial charge in [0.15, 0.2) is 0 Å². The molecule has 0 aromatic heterocycles. The van der Waals surface area contributed by atoms with Gasteiger partial charge in [-0.25, -0.2) is 0 Å². The Morgan fingerprint density at radius 1 is 1.06 bits per heavy atom. The van der Waals surface area contributed by atoms with E-state index in [-0.39, 0.29) is 29.5 Å². The Balaban J connectivity index is 2.83. The van der Waals surface area contributed by atoms with E-state index in [2.05, 4.69) is 0 Å². The summed E-state index contributed by atoms with van der Waals surface area (Å²) in [5.74, 6) is -1.07. The van der Waals surface area contributed by atoms with E-state index in [1.807, 2.05) is 0 Å². The average molecular weight is 252 g/mol. The monoisotopic (exact) mass is 252 g/mol. The van der Waals surface area contributed by atoms with Gasteiger partial charge in [-0.05, 0) is 12.1 Å². The number of carbonyl (C=O) groups is 2. The molecular weight excluding hydrogens is 236 g/mol. The predicted molar refractivity (Wildman–Crippen MR) is 65.4 cm³/mol. The van der Waals surface area contributed by atoms with Crippen LogP contribution in [-0.2, 0) is 4.79 Å². The van der Waals surface area contributed by atoms with Gasteiger partial charge in [0.1, 0.15) is 11.5 Å². The standard InChI is InChI=1S/C12H16N2O4/c1-13(2)11(17)7-14(3)12(18)8-4-9(15)6-10(16)5-8/h4-6,15-16H,7H2,1-3H3. The topological polar surface area (TPSA) is 81.1 Å². The molecule has 0 spiro atoms. The van der Waals surface area contributed by atoms with Crippen LogP contribution in [-0.4, -0.2) is 59.5 Å². The van der Waals surface area contributed by atoms with Gasteiger partial charge in [0.2, 0.25) is 5.91 Å². The van der Waals surface area contributed by atoms with E-state index >= 15 is 0 Å². The van der Waals surface area contributed by atoms with Crippen molar-refractivity contribution in [2.45, 2.75) is 0 Å². The summed E-state index contributed by atoms with van der Waals surface area (Å²) in [5.41, 5.74) is 0.126. The highest BCUT2D eigenvalue weighted by atomic mass is 16.3. The number of phenolic OH excluding ortho intramolecular Hbond substituents is 2. The molecule has 0 saturated heterocycles. The number of nitrogens with zero attached hydrogens (tertiary/aromatic N) is 2. The third kappa shape index (κ3) is 3.38. The number of carbonyl (C=O) groups excluding carboxylic acids is 2. The lowest BCUT2D eigenvalue weighted by Gasteiger charge is -2.19. The Morgan fingerprint density at radius 2 is 1.56 bits per heavy atom. The number of likely N-dealkylation sites (N-methyl/N-ethyl adjacent to an activating group) is 2. The molecule has 2 amide bonds. The van der Waals surface area contributed by atoms with Gasteiger partial charge in [-0.1, -0.05) is 0 Å². The molecule has 6 nitrogen and oxygen atoms in total. The largest absolute Gasteiger partial charge is 0.508 e. The quantitative estimate of drug-likeness (QED) is 0.808. The summed E-state index contributed by atoms with van der Waals surface area (Å²) in [5, 5.41) is 18.6. The first-order chi connectivity index (χ1) is 8.31. The van der Waals surface area contributed by atoms with Crippen LogP contribution in [0.3, 0.4) is 0 Å². The summed E-state index contributed by atoms with van der Waals surface area (Å²) in [6.07, 6.45) is 0. The van der Waals surface area contributed by atoms with Crippen molar-refractivity contribution < 1.29 is 19.8 Å². The van der Waals surface area contributed by atoms with Crippen LogP contribution >= 0.6 is 0 Å². The second-order valence-electron chi connectivity index (χ2n) is 4.19. The highest BCUT2D eigenvalue weighted by molar-refractivity contribution is 5.97. The van der Waals surface area contributed by atoms with Gasteiger partial charge in [0, 0.05) is 32.8 Å². The summed E-state index contributed by atoms with van der Waals surface area (Å²) in [4.78, 5) is 26.0. The van der Waals surface area contributed by atoms with Gasteiger partial charge in [-0.3, -0.25) is 9.59 Å². The molecule has 1 aromatic carbocycles. The molecule has 18 heavy (non-hydrogen) atoms. The Labute approximate surface area is 105 Å². The molecule has 1 aromatic rings. The first kappa shape index (κ1) is 13.8. The maximum atomic E-state index is 11.9. The fourth-order valence-corrected chi connectivity index (χ4v) is 1.36. The molecule has 0 aliphatic heterocycles. The van der Waals surface area contributed by atoms with Crippen LogP contribution < -0.4 is 0 Å². The number of benzene rings is 1. The van der Waals surface area contributed by atoms with E-state index in [0.717, 1.165) is 6.07 Å². The number of aromatic hydroxyl groups is 2. The van der Waals surface area contributed by atoms with Crippen molar-refractivity contribution in [1.29, 1.82) is 0 Å². The number of amides is 2. The van der Waals surface area contributed by atoms with Crippen molar-refractivity contribution in [1.82, 2.24) is 9.80 Å². The zero-order chi connectivity index (χ0) is 13.9. The van der Waals surface area contributed by atoms with E-state index < -0.39 is 5.91 Å². The second kappa shape index (κ2) is 5.39. The maximum absolute atomic E-state index is 11.9. The number of phenols is 2. The molecule has 0 fully saturated rings. The van der Waals surface area contributed by atoms with E-state index in [0.29, 0.717) is 0 Å². The molecule has 98 valence electrons. The van der Waals surface area contributed by atoms with Crippen LogP contribution in [0, 0.1) is 0 Å². The molecule has 2 N–H and O–H groups in total. The van der Waals surface area contributed by atoms with Crippen molar-refractivity contribution >= 4 is 11.8 Å². The van der Waals surface area contributed by atoms with E-state index in [4.69, 9.17) is 0 Å². The smallest absolute Gasteiger partial charge is 0.254 e. The van der Waals surface area contributed by atoms with Crippen LogP contribution in [0.2, 0.25) is 0 Å². The van der Waals surface area contributed by atoms with Gasteiger partial charge in [0.05, 0.1) is 6.54 Å². The molecule has 6 heteroatoms. The molecule has 0 aliphatic rings. The van der Waals surface area contributed by atoms with Gasteiger partial charge in [0.25, 0.3) is 5.91 Å². The Morgan fingerprint density at radius 3 is 2.00 bits per heavy atom. The zero-order valence-corrected chi connectivity index (χ0v) is 10.5. The Bertz CT molecular complexity index is 451. The van der Waals surface area contributed by atoms with Gasteiger partial charge in [-0.15, -0.1) is 0 Å². The van der Waals surface area contributed by atoms with Crippen LogP contribution in [0.15, 0.2) is 18.2 Å². The van der Waals surface area contributed by atoms with Crippen LogP contribution in [0.25, 0.3) is 0 Å². The molecule has 1 rings (SSSR count). The highest BCUT2D eigenvalue weighted by Crippen LogP contribution is 2.21. The Kier molecular flexibility index (Phi) is 4.14. The zero-order valence-electron chi connectivity index (χ0n) is 10.5. The third-order valence-corrected chi connectivity index (χ3v) is 2.37. The summed E-state index contributed by atoms with van der Waals surface area (Å²) in [7, 11) is 4.67. The number of hydrogen-bond donors (Lipinski definition) is 2. The molecule has 0 saturated carbocycles. The second-order valence-corrected chi connectivity index (χ2v) is 4.19. The fraction of sp³-hybridized carbons (Fsp3) is 0.333. The maximum Gasteiger partial charge on any atom is 0.254 e. The highest BCUT2D eigenvalue weighted by Gasteiger charge is 2.17. The van der Waals surface area contributed by atoms with Crippen molar-refractivity contribution in [2.24, 2.45) is 0 Å². The summed E-state index contributed by atoms with van der Waals surface area (Å²) in [6, 6.07) is 3.60. The number of hydrogen-bond acceptors (Lipinski definition) is 4. The predicted octanol–water partition coefficient (Wildman–Crippen LogP) is 0.258. The molecule has 0 aliphatic carbocycles. The molecular formula is C12H16N2O4. The van der Waals surface area contributed by atoms with Gasteiger partial charge < -0.3 is 20.0 Å². The van der Waals surface area contributed by atoms with Crippen molar-refractivity contribution in [3.05, 3.63) is 23.8 Å². The van der Waals surface area contributed by atoms with Crippen molar-refractivity contribution in [3.63, 3.8) is 0 Å². The summed E-state index contributed by atoms with van der Waals surface area (Å²) >= 11 is 0. The average Bonchev–Trinajstić information content (AvgIpc) is 2.26. The molecule has 0 unspecified atom stereocenters. The fourth-order valence-electron chi connectivity index (χ4n) is 1.36. The van der Waals surface area contributed by atoms with E-state index in [9.17, 15) is 19.8 Å². The van der Waals surface area contributed by atoms with Crippen LogP contribution in [0.4, 0.5) is 0 Å². The van der Waals surface area contributed by atoms with E-state index in [1.54, 1.807) is 14.1 Å². The molecule has 0 bridgehead atoms. The molecule has 0 heterocycles. The first-order valence-electron chi connectivity index (χ1n) is 5.30. The minimum atomic E-state index is -0.448. The first-order valence-corrected chi connectivity index (χ1v) is 5.30. The summed E-state index contributed by atoms with van der Waals surface area (Å²) in [6.45, 7) is -0.0672. The summed E-state index contributed by atoms with van der Waals surface area (Å²) < 4.78 is 0. The minimum absolute atomic E-state index is 0.0672. The normalized spacial score (nSPS) is 9.94. The minimum Gasteiger partial charge on any atom is -0.508 e. The van der Waals surface area contributed by atoms with Crippen molar-refractivity contribution in [2.75, 3.05) is 27.7 Å². The lowest BCUT2D eigenvalue weighted by atomic mass is 10.2. The van der Waals surface area contributed by atoms with Crippen LogP contribution in [0.1, 0.15) is 10.4 Å². The Hall–Kier alpha value is -2.24. The van der Waals surface area contributed by atoms with E-state index in [1.165, 1.54) is 29.0 Å². The van der Waals surface area contributed by atoms with Crippen LogP contribution in [0.5, 0.6) is 11.5 Å².